The second-order valence-electron chi connectivity index (χ2n) is 7.33. The first kappa shape index (κ1) is 20.1. The number of aryl methyl sites for hydroxylation is 1. The lowest BCUT2D eigenvalue weighted by Gasteiger charge is -2.34. The first-order valence-electron chi connectivity index (χ1n) is 10.1. The number of nitrogens with one attached hydrogen (secondary N) is 2. The van der Waals surface area contributed by atoms with Crippen molar-refractivity contribution < 1.29 is 9.59 Å². The van der Waals surface area contributed by atoms with Crippen LogP contribution >= 0.6 is 0 Å². The maximum atomic E-state index is 11.9. The van der Waals surface area contributed by atoms with Crippen LogP contribution in [0.1, 0.15) is 37.8 Å². The van der Waals surface area contributed by atoms with E-state index in [9.17, 15) is 9.59 Å². The zero-order valence-corrected chi connectivity index (χ0v) is 16.8. The van der Waals surface area contributed by atoms with Gasteiger partial charge in [-0.15, -0.1) is 0 Å². The number of piperidine rings is 2. The molecule has 2 amide bonds. The van der Waals surface area contributed by atoms with E-state index < -0.39 is 0 Å². The minimum Gasteiger partial charge on any atom is -0.356 e. The highest BCUT2D eigenvalue weighted by molar-refractivity contribution is 5.97. The van der Waals surface area contributed by atoms with Crippen LogP contribution < -0.4 is 15.5 Å². The first-order chi connectivity index (χ1) is 13.6. The summed E-state index contributed by atoms with van der Waals surface area (Å²) in [6.45, 7) is 4.79. The molecule has 1 aromatic heterocycles. The topological polar surface area (TPSA) is 89.9 Å². The molecule has 3 heterocycles. The highest BCUT2D eigenvalue weighted by Crippen LogP contribution is 2.18. The number of guanidine groups is 1. The highest BCUT2D eigenvalue weighted by atomic mass is 16.2. The fourth-order valence-electron chi connectivity index (χ4n) is 3.68. The fourth-order valence-corrected chi connectivity index (χ4v) is 3.68. The van der Waals surface area contributed by atoms with E-state index in [-0.39, 0.29) is 11.8 Å². The van der Waals surface area contributed by atoms with Gasteiger partial charge in [-0.3, -0.25) is 19.5 Å². The van der Waals surface area contributed by atoms with E-state index in [0.29, 0.717) is 44.4 Å². The molecule has 0 saturated carbocycles. The van der Waals surface area contributed by atoms with Gasteiger partial charge in [-0.05, 0) is 38.3 Å². The molecule has 1 aromatic rings. The molecule has 3 rings (SSSR count). The lowest BCUT2D eigenvalue weighted by molar-refractivity contribution is -0.147. The van der Waals surface area contributed by atoms with Crippen molar-refractivity contribution >= 4 is 23.6 Å². The summed E-state index contributed by atoms with van der Waals surface area (Å²) in [5, 5.41) is 6.67. The summed E-state index contributed by atoms with van der Waals surface area (Å²) >= 11 is 0. The SMILES string of the molecule is CN=C(NCCN1C(=O)CCCC1=O)NC1CCN(c2cccc(C)n2)CC1. The van der Waals surface area contributed by atoms with Crippen molar-refractivity contribution in [2.75, 3.05) is 38.1 Å². The molecule has 2 aliphatic heterocycles. The molecule has 2 saturated heterocycles. The number of imide groups is 1. The van der Waals surface area contributed by atoms with Crippen LogP contribution in [0, 0.1) is 6.92 Å². The summed E-state index contributed by atoms with van der Waals surface area (Å²) in [4.78, 5) is 36.3. The van der Waals surface area contributed by atoms with E-state index >= 15 is 0 Å². The van der Waals surface area contributed by atoms with Crippen LogP contribution in [0.5, 0.6) is 0 Å². The second-order valence-corrected chi connectivity index (χ2v) is 7.33. The van der Waals surface area contributed by atoms with Crippen LogP contribution in [0.25, 0.3) is 0 Å². The van der Waals surface area contributed by atoms with Gasteiger partial charge in [-0.2, -0.15) is 0 Å². The molecule has 152 valence electrons. The molecule has 2 fully saturated rings. The average Bonchev–Trinajstić information content (AvgIpc) is 2.70. The molecule has 2 aliphatic rings. The van der Waals surface area contributed by atoms with Gasteiger partial charge in [0, 0.05) is 57.8 Å². The van der Waals surface area contributed by atoms with Crippen LogP contribution in [0.2, 0.25) is 0 Å². The van der Waals surface area contributed by atoms with Gasteiger partial charge in [0.2, 0.25) is 11.8 Å². The van der Waals surface area contributed by atoms with Gasteiger partial charge < -0.3 is 15.5 Å². The highest BCUT2D eigenvalue weighted by Gasteiger charge is 2.25. The molecule has 0 aliphatic carbocycles. The van der Waals surface area contributed by atoms with Crippen LogP contribution in [0.4, 0.5) is 5.82 Å². The van der Waals surface area contributed by atoms with Gasteiger partial charge in [0.25, 0.3) is 0 Å². The van der Waals surface area contributed by atoms with Crippen molar-refractivity contribution in [2.45, 2.75) is 45.1 Å². The van der Waals surface area contributed by atoms with Gasteiger partial charge in [0.1, 0.15) is 5.82 Å². The van der Waals surface area contributed by atoms with Crippen molar-refractivity contribution in [3.05, 3.63) is 23.9 Å². The number of aromatic nitrogens is 1. The van der Waals surface area contributed by atoms with Crippen LogP contribution in [-0.2, 0) is 9.59 Å². The Labute approximate surface area is 166 Å². The van der Waals surface area contributed by atoms with Crippen molar-refractivity contribution in [1.29, 1.82) is 0 Å². The Kier molecular flexibility index (Phi) is 6.84. The molecule has 0 unspecified atom stereocenters. The van der Waals surface area contributed by atoms with Gasteiger partial charge in [0.05, 0.1) is 0 Å². The standard InChI is InChI=1S/C20H30N6O2/c1-15-5-3-6-17(23-15)25-12-9-16(10-13-25)24-20(21-2)22-11-14-26-18(27)7-4-8-19(26)28/h3,5-6,16H,4,7-14H2,1-2H3,(H2,21,22,24). The molecule has 8 heteroatoms. The summed E-state index contributed by atoms with van der Waals surface area (Å²) in [6, 6.07) is 6.46. The molecule has 0 bridgehead atoms. The minimum absolute atomic E-state index is 0.0712. The van der Waals surface area contributed by atoms with E-state index in [0.717, 1.165) is 37.4 Å². The van der Waals surface area contributed by atoms with Crippen LogP contribution in [0.3, 0.4) is 0 Å². The third-order valence-corrected chi connectivity index (χ3v) is 5.27. The second kappa shape index (κ2) is 9.52. The Morgan fingerprint density at radius 2 is 1.93 bits per heavy atom. The lowest BCUT2D eigenvalue weighted by atomic mass is 10.1. The Bertz CT molecular complexity index is 711. The van der Waals surface area contributed by atoms with Gasteiger partial charge in [0.15, 0.2) is 5.96 Å². The predicted octanol–water partition coefficient (Wildman–Crippen LogP) is 1.06. The van der Waals surface area contributed by atoms with Crippen LogP contribution in [-0.4, -0.2) is 66.9 Å². The van der Waals surface area contributed by atoms with E-state index in [1.807, 2.05) is 19.1 Å². The number of carbonyl (C=O) groups is 2. The third-order valence-electron chi connectivity index (χ3n) is 5.27. The summed E-state index contributed by atoms with van der Waals surface area (Å²) < 4.78 is 0. The summed E-state index contributed by atoms with van der Waals surface area (Å²) in [5.74, 6) is 1.61. The predicted molar refractivity (Wildman–Crippen MR) is 109 cm³/mol. The number of rotatable bonds is 5. The number of hydrogen-bond donors (Lipinski definition) is 2. The minimum atomic E-state index is -0.0712. The maximum Gasteiger partial charge on any atom is 0.229 e. The lowest BCUT2D eigenvalue weighted by Crippen LogP contribution is -2.51. The van der Waals surface area contributed by atoms with Crippen molar-refractivity contribution in [3.8, 4) is 0 Å². The summed E-state index contributed by atoms with van der Waals surface area (Å²) in [5.41, 5.74) is 1.04. The molecule has 2 N–H and O–H groups in total. The van der Waals surface area contributed by atoms with E-state index in [1.165, 1.54) is 4.90 Å². The fraction of sp³-hybridized carbons (Fsp3) is 0.600. The number of pyridine rings is 1. The molecule has 0 atom stereocenters. The molecule has 0 spiro atoms. The van der Waals surface area contributed by atoms with Gasteiger partial charge in [-0.25, -0.2) is 4.98 Å². The van der Waals surface area contributed by atoms with Crippen molar-refractivity contribution in [3.63, 3.8) is 0 Å². The summed E-state index contributed by atoms with van der Waals surface area (Å²) in [6.07, 6.45) is 3.60. The van der Waals surface area contributed by atoms with E-state index in [4.69, 9.17) is 0 Å². The quantitative estimate of drug-likeness (QED) is 0.447. The zero-order chi connectivity index (χ0) is 19.9. The third kappa shape index (κ3) is 5.21. The monoisotopic (exact) mass is 386 g/mol. The average molecular weight is 387 g/mol. The van der Waals surface area contributed by atoms with Crippen molar-refractivity contribution in [1.82, 2.24) is 20.5 Å². The smallest absolute Gasteiger partial charge is 0.229 e. The number of nitrogens with zero attached hydrogens (tertiary/aromatic N) is 4. The number of aliphatic imine (C=N–C) groups is 1. The van der Waals surface area contributed by atoms with Crippen molar-refractivity contribution in [2.24, 2.45) is 4.99 Å². The Hall–Kier alpha value is -2.64. The Morgan fingerprint density at radius 3 is 2.57 bits per heavy atom. The molecular weight excluding hydrogens is 356 g/mol. The number of anilines is 1. The summed E-state index contributed by atoms with van der Waals surface area (Å²) in [7, 11) is 1.73. The molecule has 0 aromatic carbocycles. The largest absolute Gasteiger partial charge is 0.356 e. The first-order valence-corrected chi connectivity index (χ1v) is 10.1. The maximum absolute atomic E-state index is 11.9. The Morgan fingerprint density at radius 1 is 1.21 bits per heavy atom. The normalized spacial score (nSPS) is 19.1. The molecule has 8 nitrogen and oxygen atoms in total. The number of hydrogen-bond acceptors (Lipinski definition) is 5. The molecule has 0 radical (unpaired) electrons. The molecule has 28 heavy (non-hydrogen) atoms. The zero-order valence-electron chi connectivity index (χ0n) is 16.8. The van der Waals surface area contributed by atoms with Gasteiger partial charge >= 0.3 is 0 Å². The Balaban J connectivity index is 1.42. The van der Waals surface area contributed by atoms with E-state index in [1.54, 1.807) is 7.05 Å². The van der Waals surface area contributed by atoms with Gasteiger partial charge in [-0.1, -0.05) is 6.07 Å². The van der Waals surface area contributed by atoms with E-state index in [2.05, 4.69) is 31.6 Å². The molecular formula is C20H30N6O2. The number of amides is 2. The number of carbonyl (C=O) groups excluding carboxylic acids is 2. The number of likely N-dealkylation sites (tertiary alicyclic amines) is 1. The van der Waals surface area contributed by atoms with Crippen LogP contribution in [0.15, 0.2) is 23.2 Å².